The van der Waals surface area contributed by atoms with Gasteiger partial charge in [-0.3, -0.25) is 9.59 Å². The number of halogens is 2. The first-order valence-electron chi connectivity index (χ1n) is 5.64. The number of hydrogen-bond donors (Lipinski definition) is 0. The van der Waals surface area contributed by atoms with Crippen LogP contribution in [0.1, 0.15) is 31.8 Å². The Balaban J connectivity index is 2.26. The molecule has 0 N–H and O–H groups in total. The molecule has 0 aromatic heterocycles. The van der Waals surface area contributed by atoms with Crippen LogP contribution < -0.4 is 0 Å². The van der Waals surface area contributed by atoms with Crippen molar-refractivity contribution in [3.63, 3.8) is 0 Å². The van der Waals surface area contributed by atoms with Gasteiger partial charge in [0.15, 0.2) is 0 Å². The highest BCUT2D eigenvalue weighted by molar-refractivity contribution is 9.18. The predicted molar refractivity (Wildman–Crippen MR) is 82.2 cm³/mol. The van der Waals surface area contributed by atoms with E-state index in [4.69, 9.17) is 0 Å². The monoisotopic (exact) mass is 380 g/mol. The molecule has 19 heavy (non-hydrogen) atoms. The fourth-order valence-corrected chi connectivity index (χ4v) is 2.34. The molecule has 2 aromatic carbocycles. The molecular weight excluding hydrogens is 372 g/mol. The standard InChI is InChI=1S/C15H10Br2O2/c16-14(18)12-5-1-3-10(8-12)7-11-4-2-6-13(9-11)15(17)19/h1-6,8-9H,7H2. The van der Waals surface area contributed by atoms with Crippen molar-refractivity contribution >= 4 is 41.2 Å². The fraction of sp³-hybridized carbons (Fsp3) is 0.0667. The lowest BCUT2D eigenvalue weighted by Gasteiger charge is -2.04. The van der Waals surface area contributed by atoms with Crippen molar-refractivity contribution in [1.29, 1.82) is 0 Å². The van der Waals surface area contributed by atoms with Gasteiger partial charge in [0.2, 0.25) is 9.39 Å². The van der Waals surface area contributed by atoms with Gasteiger partial charge < -0.3 is 0 Å². The molecule has 0 aliphatic rings. The molecule has 0 radical (unpaired) electrons. The van der Waals surface area contributed by atoms with Crippen LogP contribution in [0.5, 0.6) is 0 Å². The number of benzene rings is 2. The van der Waals surface area contributed by atoms with Gasteiger partial charge in [0.05, 0.1) is 0 Å². The Kier molecular flexibility index (Phi) is 4.66. The summed E-state index contributed by atoms with van der Waals surface area (Å²) in [6.45, 7) is 0. The summed E-state index contributed by atoms with van der Waals surface area (Å²) in [7, 11) is 0. The van der Waals surface area contributed by atoms with E-state index < -0.39 is 0 Å². The van der Waals surface area contributed by atoms with Crippen LogP contribution >= 0.6 is 31.9 Å². The molecule has 0 aliphatic carbocycles. The number of carbonyl (C=O) groups excluding carboxylic acids is 2. The first kappa shape index (κ1) is 14.2. The van der Waals surface area contributed by atoms with Crippen molar-refractivity contribution < 1.29 is 9.59 Å². The van der Waals surface area contributed by atoms with Crippen LogP contribution in [0.4, 0.5) is 0 Å². The summed E-state index contributed by atoms with van der Waals surface area (Å²) >= 11 is 5.89. The first-order chi connectivity index (χ1) is 9.06. The normalized spacial score (nSPS) is 10.2. The minimum absolute atomic E-state index is 0.126. The van der Waals surface area contributed by atoms with E-state index in [-0.39, 0.29) is 9.39 Å². The molecule has 96 valence electrons. The van der Waals surface area contributed by atoms with E-state index in [9.17, 15) is 9.59 Å². The maximum atomic E-state index is 11.3. The molecule has 0 spiro atoms. The summed E-state index contributed by atoms with van der Waals surface area (Å²) in [4.78, 5) is 22.5. The van der Waals surface area contributed by atoms with Gasteiger partial charge in [-0.2, -0.15) is 0 Å². The molecule has 0 unspecified atom stereocenters. The van der Waals surface area contributed by atoms with Gasteiger partial charge in [-0.05, 0) is 61.5 Å². The predicted octanol–water partition coefficient (Wildman–Crippen LogP) is 4.35. The maximum Gasteiger partial charge on any atom is 0.228 e. The highest BCUT2D eigenvalue weighted by Gasteiger charge is 2.05. The Morgan fingerprint density at radius 3 is 1.58 bits per heavy atom. The second kappa shape index (κ2) is 6.26. The van der Waals surface area contributed by atoms with Crippen molar-refractivity contribution in [1.82, 2.24) is 0 Å². The average molecular weight is 382 g/mol. The van der Waals surface area contributed by atoms with Gasteiger partial charge in [0, 0.05) is 11.1 Å². The Hall–Kier alpha value is -1.26. The summed E-state index contributed by atoms with van der Waals surface area (Å²) < 4.78 is -0.252. The van der Waals surface area contributed by atoms with Crippen LogP contribution in [0.25, 0.3) is 0 Å². The average Bonchev–Trinajstić information content (AvgIpc) is 2.39. The van der Waals surface area contributed by atoms with Crippen molar-refractivity contribution in [3.05, 3.63) is 70.8 Å². The van der Waals surface area contributed by atoms with Crippen LogP contribution in [0.2, 0.25) is 0 Å². The van der Waals surface area contributed by atoms with E-state index in [1.54, 1.807) is 12.1 Å². The Bertz CT molecular complexity index is 580. The quantitative estimate of drug-likeness (QED) is 0.738. The molecule has 2 nitrogen and oxygen atoms in total. The van der Waals surface area contributed by atoms with Crippen LogP contribution in [0, 0.1) is 0 Å². The second-order valence-electron chi connectivity index (χ2n) is 4.12. The molecule has 0 saturated heterocycles. The topological polar surface area (TPSA) is 34.1 Å². The summed E-state index contributed by atoms with van der Waals surface area (Å²) in [6, 6.07) is 14.8. The Morgan fingerprint density at radius 2 is 1.21 bits per heavy atom. The molecule has 0 amide bonds. The number of carbonyl (C=O) groups is 2. The van der Waals surface area contributed by atoms with E-state index in [0.717, 1.165) is 11.1 Å². The lowest BCUT2D eigenvalue weighted by Crippen LogP contribution is -1.95. The molecule has 2 aromatic rings. The van der Waals surface area contributed by atoms with Gasteiger partial charge in [0.25, 0.3) is 0 Å². The third-order valence-corrected chi connectivity index (χ3v) is 3.63. The van der Waals surface area contributed by atoms with Crippen molar-refractivity contribution in [2.24, 2.45) is 0 Å². The second-order valence-corrected chi connectivity index (χ2v) is 5.57. The smallest absolute Gasteiger partial charge is 0.228 e. The molecule has 0 heterocycles. The summed E-state index contributed by atoms with van der Waals surface area (Å²) in [5.41, 5.74) is 3.32. The third-order valence-electron chi connectivity index (χ3n) is 2.72. The maximum absolute atomic E-state index is 11.3. The van der Waals surface area contributed by atoms with Gasteiger partial charge in [-0.25, -0.2) is 0 Å². The first-order valence-corrected chi connectivity index (χ1v) is 7.22. The lowest BCUT2D eigenvalue weighted by atomic mass is 10.0. The minimum atomic E-state index is -0.126. The van der Waals surface area contributed by atoms with Crippen LogP contribution in [0.15, 0.2) is 48.5 Å². The van der Waals surface area contributed by atoms with E-state index in [1.807, 2.05) is 36.4 Å². The fourth-order valence-electron chi connectivity index (χ4n) is 1.84. The van der Waals surface area contributed by atoms with Gasteiger partial charge in [-0.1, -0.05) is 36.4 Å². The molecule has 0 saturated carbocycles. The van der Waals surface area contributed by atoms with Crippen molar-refractivity contribution in [2.45, 2.75) is 6.42 Å². The lowest BCUT2D eigenvalue weighted by molar-refractivity contribution is 0.108. The number of hydrogen-bond acceptors (Lipinski definition) is 2. The molecule has 0 bridgehead atoms. The highest BCUT2D eigenvalue weighted by atomic mass is 79.9. The zero-order valence-electron chi connectivity index (χ0n) is 9.90. The van der Waals surface area contributed by atoms with Crippen LogP contribution in [0.3, 0.4) is 0 Å². The van der Waals surface area contributed by atoms with Gasteiger partial charge >= 0.3 is 0 Å². The molecule has 4 heteroatoms. The Morgan fingerprint density at radius 1 is 0.789 bits per heavy atom. The zero-order valence-corrected chi connectivity index (χ0v) is 13.1. The van der Waals surface area contributed by atoms with E-state index in [2.05, 4.69) is 31.9 Å². The number of rotatable bonds is 4. The summed E-state index contributed by atoms with van der Waals surface area (Å²) in [6.07, 6.45) is 0.683. The summed E-state index contributed by atoms with van der Waals surface area (Å²) in [5.74, 6) is 0. The molecule has 0 aliphatic heterocycles. The SMILES string of the molecule is O=C(Br)c1cccc(Cc2cccc(C(=O)Br)c2)c1. The zero-order chi connectivity index (χ0) is 13.8. The highest BCUT2D eigenvalue weighted by Crippen LogP contribution is 2.15. The van der Waals surface area contributed by atoms with E-state index in [1.165, 1.54) is 0 Å². The largest absolute Gasteiger partial charge is 0.281 e. The van der Waals surface area contributed by atoms with Crippen LogP contribution in [-0.4, -0.2) is 9.39 Å². The van der Waals surface area contributed by atoms with Gasteiger partial charge in [-0.15, -0.1) is 0 Å². The van der Waals surface area contributed by atoms with E-state index >= 15 is 0 Å². The molecular formula is C15H10Br2O2. The Labute approximate surface area is 128 Å². The van der Waals surface area contributed by atoms with Crippen molar-refractivity contribution in [2.75, 3.05) is 0 Å². The van der Waals surface area contributed by atoms with Gasteiger partial charge in [0.1, 0.15) is 0 Å². The summed E-state index contributed by atoms with van der Waals surface area (Å²) in [5, 5.41) is 0. The third kappa shape index (κ3) is 3.85. The van der Waals surface area contributed by atoms with E-state index in [0.29, 0.717) is 17.5 Å². The van der Waals surface area contributed by atoms with Crippen LogP contribution in [-0.2, 0) is 6.42 Å². The molecule has 0 fully saturated rings. The van der Waals surface area contributed by atoms with Crippen molar-refractivity contribution in [3.8, 4) is 0 Å². The molecule has 2 rings (SSSR count). The minimum Gasteiger partial charge on any atom is -0.281 e. The molecule has 0 atom stereocenters.